The number of hydrogen-bond donors (Lipinski definition) is 1. The Morgan fingerprint density at radius 3 is 2.28 bits per heavy atom. The molecule has 0 unspecified atom stereocenters. The zero-order valence-corrected chi connectivity index (χ0v) is 11.2. The van der Waals surface area contributed by atoms with E-state index in [4.69, 9.17) is 5.11 Å². The van der Waals surface area contributed by atoms with Crippen molar-refractivity contribution in [2.24, 2.45) is 5.41 Å². The van der Waals surface area contributed by atoms with Crippen molar-refractivity contribution in [2.45, 2.75) is 45.6 Å². The third-order valence-corrected chi connectivity index (χ3v) is 4.23. The molecule has 0 spiro atoms. The molecule has 1 heterocycles. The van der Waals surface area contributed by atoms with Gasteiger partial charge < -0.3 is 14.9 Å². The van der Waals surface area contributed by atoms with Crippen LogP contribution in [-0.4, -0.2) is 52.6 Å². The Hall–Kier alpha value is -1.26. The molecule has 1 aliphatic heterocycles. The molecule has 2 amide bonds. The molecular formula is C13H22N2O3. The largest absolute Gasteiger partial charge is 0.481 e. The molecule has 0 aromatic carbocycles. The van der Waals surface area contributed by atoms with Gasteiger partial charge in [0.25, 0.3) is 0 Å². The maximum Gasteiger partial charge on any atom is 0.320 e. The van der Waals surface area contributed by atoms with Crippen molar-refractivity contribution in [1.29, 1.82) is 0 Å². The Kier molecular flexibility index (Phi) is 3.50. The topological polar surface area (TPSA) is 60.9 Å². The first-order valence-corrected chi connectivity index (χ1v) is 6.77. The molecule has 1 saturated carbocycles. The van der Waals surface area contributed by atoms with Crippen molar-refractivity contribution in [3.05, 3.63) is 0 Å². The van der Waals surface area contributed by atoms with Crippen molar-refractivity contribution in [2.75, 3.05) is 19.6 Å². The summed E-state index contributed by atoms with van der Waals surface area (Å²) in [6.45, 7) is 5.64. The van der Waals surface area contributed by atoms with Crippen LogP contribution in [0.3, 0.4) is 0 Å². The fourth-order valence-corrected chi connectivity index (χ4v) is 2.52. The van der Waals surface area contributed by atoms with Crippen LogP contribution in [0.4, 0.5) is 4.79 Å². The van der Waals surface area contributed by atoms with Gasteiger partial charge in [-0.3, -0.25) is 4.79 Å². The smallest absolute Gasteiger partial charge is 0.320 e. The SMILES string of the molecule is CCN(C(=O)N1CCC(C)(C(=O)O)CC1)C1CC1. The molecule has 5 heteroatoms. The number of carbonyl (C=O) groups is 2. The fraction of sp³-hybridized carbons (Fsp3) is 0.846. The number of carboxylic acid groups (broad SMARTS) is 1. The minimum atomic E-state index is -0.746. The van der Waals surface area contributed by atoms with Gasteiger partial charge in [0.1, 0.15) is 0 Å². The molecular weight excluding hydrogens is 232 g/mol. The van der Waals surface area contributed by atoms with Crippen LogP contribution in [0.5, 0.6) is 0 Å². The molecule has 0 bridgehead atoms. The Morgan fingerprint density at radius 2 is 1.89 bits per heavy atom. The summed E-state index contributed by atoms with van der Waals surface area (Å²) < 4.78 is 0. The number of nitrogens with zero attached hydrogens (tertiary/aromatic N) is 2. The van der Waals surface area contributed by atoms with Crippen molar-refractivity contribution in [3.8, 4) is 0 Å². The van der Waals surface area contributed by atoms with Gasteiger partial charge in [0, 0.05) is 25.7 Å². The predicted octanol–water partition coefficient (Wildman–Crippen LogP) is 1.78. The van der Waals surface area contributed by atoms with E-state index in [1.54, 1.807) is 6.92 Å². The summed E-state index contributed by atoms with van der Waals surface area (Å²) in [7, 11) is 0. The van der Waals surface area contributed by atoms with Crippen LogP contribution in [0.15, 0.2) is 0 Å². The highest BCUT2D eigenvalue weighted by Crippen LogP contribution is 2.33. The number of carboxylic acids is 1. The first-order chi connectivity index (χ1) is 8.48. The van der Waals surface area contributed by atoms with Crippen LogP contribution in [-0.2, 0) is 4.79 Å². The minimum absolute atomic E-state index is 0.0902. The van der Waals surface area contributed by atoms with Gasteiger partial charge in [0.2, 0.25) is 0 Å². The monoisotopic (exact) mass is 254 g/mol. The average Bonchev–Trinajstić information content (AvgIpc) is 3.15. The highest BCUT2D eigenvalue weighted by molar-refractivity contribution is 5.77. The summed E-state index contributed by atoms with van der Waals surface area (Å²) in [5.74, 6) is -0.746. The quantitative estimate of drug-likeness (QED) is 0.835. The summed E-state index contributed by atoms with van der Waals surface area (Å²) in [6.07, 6.45) is 3.33. The van der Waals surface area contributed by atoms with Crippen LogP contribution in [0.25, 0.3) is 0 Å². The summed E-state index contributed by atoms with van der Waals surface area (Å²) in [5, 5.41) is 9.16. The summed E-state index contributed by atoms with van der Waals surface area (Å²) in [5.41, 5.74) is -0.659. The highest BCUT2D eigenvalue weighted by atomic mass is 16.4. The van der Waals surface area contributed by atoms with Gasteiger partial charge in [0.15, 0.2) is 0 Å². The Labute approximate surface area is 108 Å². The Balaban J connectivity index is 1.92. The molecule has 1 N–H and O–H groups in total. The van der Waals surface area contributed by atoms with Crippen molar-refractivity contribution < 1.29 is 14.7 Å². The second kappa shape index (κ2) is 4.78. The number of aliphatic carboxylic acids is 1. The second-order valence-corrected chi connectivity index (χ2v) is 5.65. The van der Waals surface area contributed by atoms with Crippen LogP contribution in [0.2, 0.25) is 0 Å². The molecule has 0 radical (unpaired) electrons. The molecule has 1 saturated heterocycles. The summed E-state index contributed by atoms with van der Waals surface area (Å²) in [6, 6.07) is 0.516. The normalized spacial score (nSPS) is 22.7. The number of urea groups is 1. The number of rotatable bonds is 3. The molecule has 0 aromatic heterocycles. The lowest BCUT2D eigenvalue weighted by atomic mass is 9.80. The van der Waals surface area contributed by atoms with Crippen LogP contribution in [0, 0.1) is 5.41 Å². The summed E-state index contributed by atoms with van der Waals surface area (Å²) >= 11 is 0. The maximum atomic E-state index is 12.3. The van der Waals surface area contributed by atoms with Crippen molar-refractivity contribution >= 4 is 12.0 Å². The lowest BCUT2D eigenvalue weighted by Crippen LogP contribution is -2.50. The fourth-order valence-electron chi connectivity index (χ4n) is 2.52. The van der Waals surface area contributed by atoms with Gasteiger partial charge in [-0.1, -0.05) is 0 Å². The zero-order chi connectivity index (χ0) is 13.3. The van der Waals surface area contributed by atoms with Crippen molar-refractivity contribution in [3.63, 3.8) is 0 Å². The number of hydrogen-bond acceptors (Lipinski definition) is 2. The minimum Gasteiger partial charge on any atom is -0.481 e. The summed E-state index contributed by atoms with van der Waals surface area (Å²) in [4.78, 5) is 27.2. The highest BCUT2D eigenvalue weighted by Gasteiger charge is 2.40. The van der Waals surface area contributed by atoms with Gasteiger partial charge in [-0.05, 0) is 39.5 Å². The van der Waals surface area contributed by atoms with Crippen molar-refractivity contribution in [1.82, 2.24) is 9.80 Å². The maximum absolute atomic E-state index is 12.3. The Morgan fingerprint density at radius 1 is 1.33 bits per heavy atom. The van der Waals surface area contributed by atoms with E-state index in [1.807, 2.05) is 16.7 Å². The van der Waals surface area contributed by atoms with E-state index < -0.39 is 11.4 Å². The lowest BCUT2D eigenvalue weighted by Gasteiger charge is -2.38. The third-order valence-electron chi connectivity index (χ3n) is 4.23. The van der Waals surface area contributed by atoms with Gasteiger partial charge in [0.05, 0.1) is 5.41 Å². The van der Waals surface area contributed by atoms with Crippen LogP contribution in [0.1, 0.15) is 39.5 Å². The van der Waals surface area contributed by atoms with Crippen LogP contribution < -0.4 is 0 Å². The Bertz CT molecular complexity index is 344. The number of amides is 2. The molecule has 2 rings (SSSR count). The molecule has 1 aliphatic carbocycles. The first-order valence-electron chi connectivity index (χ1n) is 6.77. The van der Waals surface area contributed by atoms with E-state index in [1.165, 1.54) is 0 Å². The van der Waals surface area contributed by atoms with Gasteiger partial charge in [-0.2, -0.15) is 0 Å². The van der Waals surface area contributed by atoms with Gasteiger partial charge in [-0.25, -0.2) is 4.79 Å². The second-order valence-electron chi connectivity index (χ2n) is 5.65. The van der Waals surface area contributed by atoms with Gasteiger partial charge in [-0.15, -0.1) is 0 Å². The number of likely N-dealkylation sites (tertiary alicyclic amines) is 1. The molecule has 0 aromatic rings. The molecule has 102 valence electrons. The molecule has 5 nitrogen and oxygen atoms in total. The van der Waals surface area contributed by atoms with Crippen LogP contribution >= 0.6 is 0 Å². The molecule has 2 aliphatic rings. The number of piperidine rings is 1. The van der Waals surface area contributed by atoms with E-state index >= 15 is 0 Å². The van der Waals surface area contributed by atoms with E-state index in [2.05, 4.69) is 0 Å². The van der Waals surface area contributed by atoms with E-state index in [0.29, 0.717) is 32.0 Å². The molecule has 18 heavy (non-hydrogen) atoms. The van der Waals surface area contributed by atoms with E-state index in [-0.39, 0.29) is 6.03 Å². The lowest BCUT2D eigenvalue weighted by molar-refractivity contribution is -0.150. The number of carbonyl (C=O) groups excluding carboxylic acids is 1. The zero-order valence-electron chi connectivity index (χ0n) is 11.2. The van der Waals surface area contributed by atoms with E-state index in [9.17, 15) is 9.59 Å². The predicted molar refractivity (Wildman–Crippen MR) is 67.3 cm³/mol. The first kappa shape index (κ1) is 13.2. The van der Waals surface area contributed by atoms with E-state index in [0.717, 1.165) is 19.4 Å². The third kappa shape index (κ3) is 2.44. The standard InChI is InChI=1S/C13H22N2O3/c1-3-15(10-4-5-10)12(18)14-8-6-13(2,7-9-14)11(16)17/h10H,3-9H2,1-2H3,(H,16,17). The average molecular weight is 254 g/mol. The van der Waals surface area contributed by atoms with Gasteiger partial charge >= 0.3 is 12.0 Å². The molecule has 2 fully saturated rings. The molecule has 0 atom stereocenters.